The Bertz CT molecular complexity index is 184. The fraction of sp³-hybridized carbons (Fsp3) is 0.900. The van der Waals surface area contributed by atoms with Crippen LogP contribution in [0.15, 0.2) is 0 Å². The van der Waals surface area contributed by atoms with Gasteiger partial charge in [0.2, 0.25) is 0 Å². The summed E-state index contributed by atoms with van der Waals surface area (Å²) < 4.78 is 9.99. The highest BCUT2D eigenvalue weighted by atomic mass is 16.5. The van der Waals surface area contributed by atoms with Crippen molar-refractivity contribution in [1.82, 2.24) is 4.90 Å². The van der Waals surface area contributed by atoms with Gasteiger partial charge in [0.15, 0.2) is 0 Å². The minimum Gasteiger partial charge on any atom is -0.469 e. The van der Waals surface area contributed by atoms with Crippen LogP contribution in [0.5, 0.6) is 0 Å². The summed E-state index contributed by atoms with van der Waals surface area (Å²) in [6, 6.07) is 0.466. The molecule has 0 aromatic heterocycles. The first-order valence-electron chi connectivity index (χ1n) is 5.16. The molecule has 1 heterocycles. The van der Waals surface area contributed by atoms with Crippen LogP contribution in [-0.2, 0) is 14.3 Å². The van der Waals surface area contributed by atoms with Crippen molar-refractivity contribution in [3.63, 3.8) is 0 Å². The van der Waals surface area contributed by atoms with Crippen molar-refractivity contribution >= 4 is 5.97 Å². The average Bonchev–Trinajstić information content (AvgIpc) is 2.26. The van der Waals surface area contributed by atoms with Gasteiger partial charge in [0.05, 0.1) is 26.7 Å². The first-order valence-corrected chi connectivity index (χ1v) is 5.16. The monoisotopic (exact) mass is 201 g/mol. The molecule has 0 saturated carbocycles. The molecular weight excluding hydrogens is 182 g/mol. The van der Waals surface area contributed by atoms with Crippen LogP contribution in [0.25, 0.3) is 0 Å². The standard InChI is InChI=1S/C10H19NO3/c1-3-9-8-14-7-6-11(9)5-4-10(12)13-2/h9H,3-8H2,1-2H3. The van der Waals surface area contributed by atoms with E-state index in [0.29, 0.717) is 12.5 Å². The number of methoxy groups -OCH3 is 1. The molecule has 1 atom stereocenters. The Kier molecular flexibility index (Phi) is 4.90. The minimum absolute atomic E-state index is 0.133. The van der Waals surface area contributed by atoms with Crippen LogP contribution in [0.3, 0.4) is 0 Å². The minimum atomic E-state index is -0.133. The Hall–Kier alpha value is -0.610. The van der Waals surface area contributed by atoms with Gasteiger partial charge in [0, 0.05) is 19.1 Å². The number of hydrogen-bond acceptors (Lipinski definition) is 4. The highest BCUT2D eigenvalue weighted by Crippen LogP contribution is 2.10. The zero-order valence-electron chi connectivity index (χ0n) is 8.99. The van der Waals surface area contributed by atoms with Gasteiger partial charge in [0.25, 0.3) is 0 Å². The molecule has 0 N–H and O–H groups in total. The molecule has 0 aromatic carbocycles. The second kappa shape index (κ2) is 5.98. The Morgan fingerprint density at radius 1 is 1.64 bits per heavy atom. The Labute approximate surface area is 85.2 Å². The summed E-state index contributed by atoms with van der Waals surface area (Å²) in [5.74, 6) is -0.133. The molecule has 0 bridgehead atoms. The van der Waals surface area contributed by atoms with Crippen LogP contribution < -0.4 is 0 Å². The maximum Gasteiger partial charge on any atom is 0.306 e. The maximum absolute atomic E-state index is 11.0. The first kappa shape index (κ1) is 11.5. The van der Waals surface area contributed by atoms with E-state index in [1.807, 2.05) is 0 Å². The fourth-order valence-corrected chi connectivity index (χ4v) is 1.70. The van der Waals surface area contributed by atoms with Gasteiger partial charge in [-0.25, -0.2) is 0 Å². The van der Waals surface area contributed by atoms with E-state index in [9.17, 15) is 4.79 Å². The Morgan fingerprint density at radius 3 is 3.07 bits per heavy atom. The molecule has 0 radical (unpaired) electrons. The summed E-state index contributed by atoms with van der Waals surface area (Å²) in [4.78, 5) is 13.3. The average molecular weight is 201 g/mol. The summed E-state index contributed by atoms with van der Waals surface area (Å²) in [5, 5.41) is 0. The van der Waals surface area contributed by atoms with Crippen LogP contribution in [0.2, 0.25) is 0 Å². The number of morpholine rings is 1. The fourth-order valence-electron chi connectivity index (χ4n) is 1.70. The summed E-state index contributed by atoms with van der Waals surface area (Å²) in [7, 11) is 1.43. The molecule has 0 amide bonds. The highest BCUT2D eigenvalue weighted by molar-refractivity contribution is 5.69. The zero-order chi connectivity index (χ0) is 10.4. The van der Waals surface area contributed by atoms with E-state index >= 15 is 0 Å². The molecule has 82 valence electrons. The molecule has 0 spiro atoms. The molecule has 4 nitrogen and oxygen atoms in total. The Morgan fingerprint density at radius 2 is 2.43 bits per heavy atom. The van der Waals surface area contributed by atoms with Gasteiger partial charge in [-0.05, 0) is 6.42 Å². The lowest BCUT2D eigenvalue weighted by molar-refractivity contribution is -0.141. The van der Waals surface area contributed by atoms with Crippen LogP contribution in [0.1, 0.15) is 19.8 Å². The van der Waals surface area contributed by atoms with Crippen molar-refractivity contribution in [1.29, 1.82) is 0 Å². The predicted molar refractivity (Wildman–Crippen MR) is 53.1 cm³/mol. The number of rotatable bonds is 4. The number of ether oxygens (including phenoxy) is 2. The van der Waals surface area contributed by atoms with E-state index in [-0.39, 0.29) is 5.97 Å². The van der Waals surface area contributed by atoms with Crippen molar-refractivity contribution in [2.45, 2.75) is 25.8 Å². The molecule has 1 aliphatic heterocycles. The summed E-state index contributed by atoms with van der Waals surface area (Å²) in [6.07, 6.45) is 1.55. The van der Waals surface area contributed by atoms with E-state index < -0.39 is 0 Å². The Balaban J connectivity index is 2.29. The summed E-state index contributed by atoms with van der Waals surface area (Å²) in [6.45, 7) is 5.42. The van der Waals surface area contributed by atoms with Gasteiger partial charge in [-0.1, -0.05) is 6.92 Å². The van der Waals surface area contributed by atoms with Crippen molar-refractivity contribution < 1.29 is 14.3 Å². The molecule has 1 saturated heterocycles. The van der Waals surface area contributed by atoms with E-state index in [4.69, 9.17) is 4.74 Å². The lowest BCUT2D eigenvalue weighted by atomic mass is 10.1. The van der Waals surface area contributed by atoms with Gasteiger partial charge < -0.3 is 9.47 Å². The normalized spacial score (nSPS) is 23.4. The molecule has 14 heavy (non-hydrogen) atoms. The molecule has 0 aromatic rings. The lowest BCUT2D eigenvalue weighted by Gasteiger charge is -2.34. The molecule has 1 fully saturated rings. The van der Waals surface area contributed by atoms with Crippen LogP contribution in [0, 0.1) is 0 Å². The molecule has 1 aliphatic rings. The van der Waals surface area contributed by atoms with E-state index in [1.54, 1.807) is 0 Å². The predicted octanol–water partition coefficient (Wildman–Crippen LogP) is 0.660. The van der Waals surface area contributed by atoms with Gasteiger partial charge >= 0.3 is 5.97 Å². The number of nitrogens with zero attached hydrogens (tertiary/aromatic N) is 1. The molecule has 0 aliphatic carbocycles. The lowest BCUT2D eigenvalue weighted by Crippen LogP contribution is -2.45. The zero-order valence-corrected chi connectivity index (χ0v) is 8.99. The van der Waals surface area contributed by atoms with Gasteiger partial charge in [-0.15, -0.1) is 0 Å². The first-order chi connectivity index (χ1) is 6.77. The van der Waals surface area contributed by atoms with Gasteiger partial charge in [0.1, 0.15) is 0 Å². The van der Waals surface area contributed by atoms with Crippen molar-refractivity contribution in [3.8, 4) is 0 Å². The quantitative estimate of drug-likeness (QED) is 0.626. The van der Waals surface area contributed by atoms with Crippen LogP contribution in [0.4, 0.5) is 0 Å². The van der Waals surface area contributed by atoms with Crippen LogP contribution in [-0.4, -0.2) is 50.3 Å². The number of carbonyl (C=O) groups excluding carboxylic acids is 1. The van der Waals surface area contributed by atoms with Crippen molar-refractivity contribution in [3.05, 3.63) is 0 Å². The smallest absolute Gasteiger partial charge is 0.306 e. The topological polar surface area (TPSA) is 38.8 Å². The third kappa shape index (κ3) is 3.27. The SMILES string of the molecule is CCC1COCCN1CCC(=O)OC. The molecule has 4 heteroatoms. The third-order valence-corrected chi connectivity index (χ3v) is 2.65. The molecule has 1 rings (SSSR count). The van der Waals surface area contributed by atoms with Crippen LogP contribution >= 0.6 is 0 Å². The summed E-state index contributed by atoms with van der Waals surface area (Å²) >= 11 is 0. The van der Waals surface area contributed by atoms with E-state index in [1.165, 1.54) is 7.11 Å². The second-order valence-electron chi connectivity index (χ2n) is 3.50. The summed E-state index contributed by atoms with van der Waals surface area (Å²) in [5.41, 5.74) is 0. The number of carbonyl (C=O) groups is 1. The number of esters is 1. The number of hydrogen-bond donors (Lipinski definition) is 0. The van der Waals surface area contributed by atoms with Crippen molar-refractivity contribution in [2.24, 2.45) is 0 Å². The molecule has 1 unspecified atom stereocenters. The van der Waals surface area contributed by atoms with E-state index in [0.717, 1.165) is 32.7 Å². The maximum atomic E-state index is 11.0. The highest BCUT2D eigenvalue weighted by Gasteiger charge is 2.21. The van der Waals surface area contributed by atoms with Crippen molar-refractivity contribution in [2.75, 3.05) is 33.4 Å². The van der Waals surface area contributed by atoms with E-state index in [2.05, 4.69) is 16.6 Å². The molecular formula is C10H19NO3. The second-order valence-corrected chi connectivity index (χ2v) is 3.50. The van der Waals surface area contributed by atoms with Gasteiger partial charge in [-0.3, -0.25) is 9.69 Å². The third-order valence-electron chi connectivity index (χ3n) is 2.65. The largest absolute Gasteiger partial charge is 0.469 e. The van der Waals surface area contributed by atoms with Gasteiger partial charge in [-0.2, -0.15) is 0 Å².